The van der Waals surface area contributed by atoms with Gasteiger partial charge < -0.3 is 40.1 Å². The van der Waals surface area contributed by atoms with E-state index < -0.39 is 12.2 Å². The molecule has 3 aromatic rings. The van der Waals surface area contributed by atoms with Crippen molar-refractivity contribution in [2.75, 3.05) is 59.2 Å². The molecule has 0 fully saturated rings. The van der Waals surface area contributed by atoms with Crippen LogP contribution < -0.4 is 14.8 Å². The SMILES string of the molecule is Cc1c(OCCCNCC(O)CO)cccc1-c1cccc(OCCCN(CCc2cccnc2)CC(O)CO)c1C. The lowest BCUT2D eigenvalue weighted by atomic mass is 9.95. The molecule has 9 heteroatoms. The van der Waals surface area contributed by atoms with Gasteiger partial charge >= 0.3 is 0 Å². The molecule has 1 aromatic heterocycles. The van der Waals surface area contributed by atoms with Gasteiger partial charge in [0.1, 0.15) is 11.5 Å². The van der Waals surface area contributed by atoms with Crippen molar-refractivity contribution in [2.24, 2.45) is 0 Å². The van der Waals surface area contributed by atoms with E-state index in [1.165, 1.54) is 0 Å². The van der Waals surface area contributed by atoms with Crippen LogP contribution in [0.1, 0.15) is 29.5 Å². The van der Waals surface area contributed by atoms with Gasteiger partial charge in [0.05, 0.1) is 38.6 Å². The quantitative estimate of drug-likeness (QED) is 0.128. The summed E-state index contributed by atoms with van der Waals surface area (Å²) >= 11 is 0. The summed E-state index contributed by atoms with van der Waals surface area (Å²) in [4.78, 5) is 6.33. The third-order valence-corrected chi connectivity index (χ3v) is 7.20. The van der Waals surface area contributed by atoms with E-state index in [0.29, 0.717) is 32.8 Å². The van der Waals surface area contributed by atoms with E-state index in [1.54, 1.807) is 6.20 Å². The minimum Gasteiger partial charge on any atom is -0.493 e. The van der Waals surface area contributed by atoms with E-state index in [1.807, 2.05) is 42.6 Å². The number of rotatable bonds is 20. The van der Waals surface area contributed by atoms with Crippen LogP contribution in [0.15, 0.2) is 60.9 Å². The molecule has 1 heterocycles. The number of pyridine rings is 1. The average molecular weight is 582 g/mol. The molecule has 9 nitrogen and oxygen atoms in total. The van der Waals surface area contributed by atoms with Crippen molar-refractivity contribution in [3.8, 4) is 22.6 Å². The van der Waals surface area contributed by atoms with E-state index >= 15 is 0 Å². The Hall–Kier alpha value is -3.05. The van der Waals surface area contributed by atoms with Crippen LogP contribution in [-0.2, 0) is 6.42 Å². The highest BCUT2D eigenvalue weighted by Gasteiger charge is 2.14. The predicted octanol–water partition coefficient (Wildman–Crippen LogP) is 2.74. The Labute approximate surface area is 249 Å². The fourth-order valence-corrected chi connectivity index (χ4v) is 4.79. The van der Waals surface area contributed by atoms with Gasteiger partial charge in [-0.3, -0.25) is 4.98 Å². The fourth-order valence-electron chi connectivity index (χ4n) is 4.79. The maximum absolute atomic E-state index is 10.0. The largest absolute Gasteiger partial charge is 0.493 e. The van der Waals surface area contributed by atoms with Crippen molar-refractivity contribution in [3.05, 3.63) is 77.6 Å². The molecule has 0 saturated heterocycles. The number of benzene rings is 2. The first-order valence-corrected chi connectivity index (χ1v) is 14.8. The molecular formula is C33H47N3O6. The van der Waals surface area contributed by atoms with Gasteiger partial charge in [-0.05, 0) is 85.7 Å². The smallest absolute Gasteiger partial charge is 0.122 e. The van der Waals surface area contributed by atoms with Crippen LogP contribution >= 0.6 is 0 Å². The fraction of sp³-hybridized carbons (Fsp3) is 0.485. The maximum atomic E-state index is 10.0. The average Bonchev–Trinajstić information content (AvgIpc) is 3.01. The number of ether oxygens (including phenoxy) is 2. The molecule has 0 bridgehead atoms. The Morgan fingerprint density at radius 3 is 2.05 bits per heavy atom. The second kappa shape index (κ2) is 18.5. The lowest BCUT2D eigenvalue weighted by molar-refractivity contribution is 0.0578. The topological polar surface area (TPSA) is 128 Å². The molecule has 0 radical (unpaired) electrons. The summed E-state index contributed by atoms with van der Waals surface area (Å²) in [7, 11) is 0. The second-order valence-corrected chi connectivity index (χ2v) is 10.6. The summed E-state index contributed by atoms with van der Waals surface area (Å²) in [6, 6.07) is 16.1. The number of nitrogens with one attached hydrogen (secondary N) is 1. The number of hydrogen-bond donors (Lipinski definition) is 5. The van der Waals surface area contributed by atoms with E-state index in [4.69, 9.17) is 14.6 Å². The molecule has 0 aliphatic rings. The van der Waals surface area contributed by atoms with Gasteiger partial charge in [0.25, 0.3) is 0 Å². The third-order valence-electron chi connectivity index (χ3n) is 7.20. The van der Waals surface area contributed by atoms with Gasteiger partial charge in [0.15, 0.2) is 0 Å². The highest BCUT2D eigenvalue weighted by atomic mass is 16.5. The molecule has 0 aliphatic carbocycles. The van der Waals surface area contributed by atoms with Crippen LogP contribution in [0.2, 0.25) is 0 Å². The van der Waals surface area contributed by atoms with Gasteiger partial charge in [-0.1, -0.05) is 30.3 Å². The van der Waals surface area contributed by atoms with Crippen molar-refractivity contribution in [1.29, 1.82) is 0 Å². The van der Waals surface area contributed by atoms with Gasteiger partial charge in [0.2, 0.25) is 0 Å². The molecule has 42 heavy (non-hydrogen) atoms. The van der Waals surface area contributed by atoms with Crippen molar-refractivity contribution in [3.63, 3.8) is 0 Å². The monoisotopic (exact) mass is 581 g/mol. The summed E-state index contributed by atoms with van der Waals surface area (Å²) in [6.45, 7) is 7.68. The molecule has 0 aliphatic heterocycles. The Bertz CT molecular complexity index is 1180. The number of nitrogens with zero attached hydrogens (tertiary/aromatic N) is 2. The first kappa shape index (κ1) is 33.5. The van der Waals surface area contributed by atoms with E-state index in [-0.39, 0.29) is 13.2 Å². The summed E-state index contributed by atoms with van der Waals surface area (Å²) < 4.78 is 12.3. The first-order valence-electron chi connectivity index (χ1n) is 14.8. The van der Waals surface area contributed by atoms with E-state index in [9.17, 15) is 15.3 Å². The minimum absolute atomic E-state index is 0.246. The van der Waals surface area contributed by atoms with Crippen LogP contribution in [0.3, 0.4) is 0 Å². The minimum atomic E-state index is -0.774. The number of aliphatic hydroxyl groups excluding tert-OH is 4. The highest BCUT2D eigenvalue weighted by molar-refractivity contribution is 5.74. The number of hydrogen-bond acceptors (Lipinski definition) is 9. The Morgan fingerprint density at radius 2 is 1.45 bits per heavy atom. The zero-order valence-corrected chi connectivity index (χ0v) is 24.9. The molecular weight excluding hydrogens is 534 g/mol. The van der Waals surface area contributed by atoms with Crippen molar-refractivity contribution < 1.29 is 29.9 Å². The lowest BCUT2D eigenvalue weighted by Gasteiger charge is -2.24. The molecule has 3 rings (SSSR count). The summed E-state index contributed by atoms with van der Waals surface area (Å²) in [5.41, 5.74) is 5.46. The van der Waals surface area contributed by atoms with Gasteiger partial charge in [-0.25, -0.2) is 0 Å². The summed E-state index contributed by atoms with van der Waals surface area (Å²) in [5, 5.41) is 40.8. The second-order valence-electron chi connectivity index (χ2n) is 10.6. The molecule has 230 valence electrons. The Balaban J connectivity index is 1.54. The predicted molar refractivity (Wildman–Crippen MR) is 165 cm³/mol. The number of aliphatic hydroxyl groups is 4. The van der Waals surface area contributed by atoms with Crippen LogP contribution in [0.4, 0.5) is 0 Å². The zero-order chi connectivity index (χ0) is 30.2. The lowest BCUT2D eigenvalue weighted by Crippen LogP contribution is -2.37. The molecule has 5 N–H and O–H groups in total. The van der Waals surface area contributed by atoms with E-state index in [0.717, 1.165) is 71.7 Å². The molecule has 0 amide bonds. The maximum Gasteiger partial charge on any atom is 0.122 e. The van der Waals surface area contributed by atoms with Crippen LogP contribution in [0.5, 0.6) is 11.5 Å². The van der Waals surface area contributed by atoms with Gasteiger partial charge in [-0.2, -0.15) is 0 Å². The Kier molecular flexibility index (Phi) is 14.7. The molecule has 2 unspecified atom stereocenters. The highest BCUT2D eigenvalue weighted by Crippen LogP contribution is 2.35. The third kappa shape index (κ3) is 11.0. The molecule has 0 saturated carbocycles. The van der Waals surface area contributed by atoms with E-state index in [2.05, 4.69) is 41.2 Å². The standard InChI is InChI=1S/C33H47N3O6/c1-25-30(9-3-11-32(25)41-18-6-15-35-21-28(39)23-37)31-10-4-12-33(26(31)2)42-19-7-16-36(22-29(40)24-38)17-13-27-8-5-14-34-20-27/h3-5,8-12,14,20,28-29,35,37-40H,6-7,13,15-19,21-24H2,1-2H3. The van der Waals surface area contributed by atoms with Crippen LogP contribution in [-0.4, -0.2) is 102 Å². The Morgan fingerprint density at radius 1 is 0.810 bits per heavy atom. The van der Waals surface area contributed by atoms with Crippen molar-refractivity contribution >= 4 is 0 Å². The molecule has 0 spiro atoms. The first-order chi connectivity index (χ1) is 20.4. The molecule has 2 atom stereocenters. The summed E-state index contributed by atoms with van der Waals surface area (Å²) in [5.74, 6) is 1.68. The molecule has 2 aromatic carbocycles. The zero-order valence-electron chi connectivity index (χ0n) is 24.9. The van der Waals surface area contributed by atoms with Crippen molar-refractivity contribution in [2.45, 2.75) is 45.3 Å². The van der Waals surface area contributed by atoms with Crippen LogP contribution in [0.25, 0.3) is 11.1 Å². The van der Waals surface area contributed by atoms with Crippen LogP contribution in [0, 0.1) is 13.8 Å². The van der Waals surface area contributed by atoms with Gasteiger partial charge in [-0.15, -0.1) is 0 Å². The summed E-state index contributed by atoms with van der Waals surface area (Å²) in [6.07, 6.45) is 4.49. The number of aromatic nitrogens is 1. The normalized spacial score (nSPS) is 12.8. The van der Waals surface area contributed by atoms with Gasteiger partial charge in [0, 0.05) is 38.6 Å². The van der Waals surface area contributed by atoms with Crippen molar-refractivity contribution in [1.82, 2.24) is 15.2 Å².